The van der Waals surface area contributed by atoms with Gasteiger partial charge >= 0.3 is 12.1 Å². The molecule has 0 radical (unpaired) electrons. The van der Waals surface area contributed by atoms with Gasteiger partial charge in [-0.05, 0) is 11.5 Å². The topological polar surface area (TPSA) is 124 Å². The molecule has 0 saturated carbocycles. The normalized spacial score (nSPS) is 14.6. The summed E-state index contributed by atoms with van der Waals surface area (Å²) < 4.78 is 11.4. The summed E-state index contributed by atoms with van der Waals surface area (Å²) in [6.07, 6.45) is 8.91. The average molecular weight is 468 g/mol. The number of methoxy groups -OCH3 is 1. The van der Waals surface area contributed by atoms with Crippen LogP contribution in [0.15, 0.2) is 60.8 Å². The van der Waals surface area contributed by atoms with E-state index in [0.717, 1.165) is 11.3 Å². The number of carbonyl (C=O) groups excluding carboxylic acids is 3. The highest BCUT2D eigenvalue weighted by atomic mass is 16.6. The van der Waals surface area contributed by atoms with Crippen molar-refractivity contribution in [2.45, 2.75) is 45.0 Å². The molecule has 1 aliphatic rings. The Morgan fingerprint density at radius 3 is 2.44 bits per heavy atom. The Labute approximate surface area is 198 Å². The van der Waals surface area contributed by atoms with E-state index in [1.165, 1.54) is 11.8 Å². The SMILES string of the molecule is COC(=O)[C@@H](NC(=O)[C@H](Cc1ccccc1)NC(=O)OCn1cc(C2C=CC=C2)nn1)C(C)C. The second-order valence-electron chi connectivity index (χ2n) is 8.18. The first kappa shape index (κ1) is 24.7. The Balaban J connectivity index is 1.63. The monoisotopic (exact) mass is 467 g/mol. The van der Waals surface area contributed by atoms with Gasteiger partial charge in [0.05, 0.1) is 19.0 Å². The molecule has 0 saturated heterocycles. The second kappa shape index (κ2) is 11.8. The predicted molar refractivity (Wildman–Crippen MR) is 123 cm³/mol. The summed E-state index contributed by atoms with van der Waals surface area (Å²) in [5.41, 5.74) is 1.57. The van der Waals surface area contributed by atoms with Gasteiger partial charge in [-0.1, -0.05) is 73.7 Å². The Bertz CT molecular complexity index is 1040. The van der Waals surface area contributed by atoms with E-state index in [1.54, 1.807) is 20.0 Å². The largest absolute Gasteiger partial charge is 0.467 e. The van der Waals surface area contributed by atoms with Gasteiger partial charge in [-0.2, -0.15) is 0 Å². The lowest BCUT2D eigenvalue weighted by atomic mass is 10.0. The summed E-state index contributed by atoms with van der Waals surface area (Å²) in [6, 6.07) is 7.40. The van der Waals surface area contributed by atoms with Crippen LogP contribution in [0.5, 0.6) is 0 Å². The Morgan fingerprint density at radius 1 is 1.09 bits per heavy atom. The number of hydrogen-bond donors (Lipinski definition) is 2. The van der Waals surface area contributed by atoms with Gasteiger partial charge in [-0.25, -0.2) is 14.3 Å². The van der Waals surface area contributed by atoms with Gasteiger partial charge in [0, 0.05) is 12.3 Å². The van der Waals surface area contributed by atoms with E-state index in [0.29, 0.717) is 0 Å². The summed E-state index contributed by atoms with van der Waals surface area (Å²) in [5, 5.41) is 13.3. The molecule has 2 aromatic rings. The van der Waals surface area contributed by atoms with Crippen LogP contribution in [0.3, 0.4) is 0 Å². The molecule has 10 heteroatoms. The fourth-order valence-corrected chi connectivity index (χ4v) is 3.40. The highest BCUT2D eigenvalue weighted by Gasteiger charge is 2.30. The van der Waals surface area contributed by atoms with Crippen molar-refractivity contribution in [3.63, 3.8) is 0 Å². The molecule has 0 spiro atoms. The van der Waals surface area contributed by atoms with E-state index in [4.69, 9.17) is 9.47 Å². The van der Waals surface area contributed by atoms with Crippen LogP contribution in [0.25, 0.3) is 0 Å². The number of nitrogens with one attached hydrogen (secondary N) is 2. The maximum Gasteiger partial charge on any atom is 0.409 e. The third-order valence-electron chi connectivity index (χ3n) is 5.28. The molecular weight excluding hydrogens is 438 g/mol. The van der Waals surface area contributed by atoms with Gasteiger partial charge in [0.15, 0.2) is 6.73 Å². The zero-order chi connectivity index (χ0) is 24.5. The third-order valence-corrected chi connectivity index (χ3v) is 5.28. The van der Waals surface area contributed by atoms with Gasteiger partial charge in [0.25, 0.3) is 0 Å². The zero-order valence-corrected chi connectivity index (χ0v) is 19.4. The van der Waals surface area contributed by atoms with Crippen molar-refractivity contribution >= 4 is 18.0 Å². The fourth-order valence-electron chi connectivity index (χ4n) is 3.40. The van der Waals surface area contributed by atoms with Crippen LogP contribution in [0.2, 0.25) is 0 Å². The molecule has 0 bridgehead atoms. The second-order valence-corrected chi connectivity index (χ2v) is 8.18. The Morgan fingerprint density at radius 2 is 1.79 bits per heavy atom. The smallest absolute Gasteiger partial charge is 0.409 e. The molecule has 0 fully saturated rings. The predicted octanol–water partition coefficient (Wildman–Crippen LogP) is 2.10. The van der Waals surface area contributed by atoms with Crippen LogP contribution < -0.4 is 10.6 Å². The fraction of sp³-hybridized carbons (Fsp3) is 0.375. The number of benzene rings is 1. The molecule has 2 amide bonds. The van der Waals surface area contributed by atoms with Crippen molar-refractivity contribution in [1.29, 1.82) is 0 Å². The molecule has 34 heavy (non-hydrogen) atoms. The van der Waals surface area contributed by atoms with E-state index in [2.05, 4.69) is 20.9 Å². The van der Waals surface area contributed by atoms with Crippen molar-refractivity contribution in [2.75, 3.05) is 7.11 Å². The average Bonchev–Trinajstić information content (AvgIpc) is 3.52. The first-order chi connectivity index (χ1) is 16.4. The highest BCUT2D eigenvalue weighted by Crippen LogP contribution is 2.20. The maximum absolute atomic E-state index is 13.0. The molecule has 1 aromatic heterocycles. The molecule has 0 aliphatic heterocycles. The summed E-state index contributed by atoms with van der Waals surface area (Å²) in [5.74, 6) is -1.23. The summed E-state index contributed by atoms with van der Waals surface area (Å²) in [6.45, 7) is 3.41. The van der Waals surface area contributed by atoms with Crippen LogP contribution in [0, 0.1) is 5.92 Å². The molecule has 1 heterocycles. The van der Waals surface area contributed by atoms with E-state index >= 15 is 0 Å². The van der Waals surface area contributed by atoms with Crippen LogP contribution in [-0.4, -0.2) is 52.2 Å². The number of nitrogens with zero attached hydrogens (tertiary/aromatic N) is 3. The molecule has 0 unspecified atom stereocenters. The first-order valence-electron chi connectivity index (χ1n) is 11.0. The number of esters is 1. The van der Waals surface area contributed by atoms with Crippen molar-refractivity contribution in [2.24, 2.45) is 5.92 Å². The summed E-state index contributed by atoms with van der Waals surface area (Å²) in [4.78, 5) is 37.6. The number of aromatic nitrogens is 3. The lowest BCUT2D eigenvalue weighted by molar-refractivity contribution is -0.146. The van der Waals surface area contributed by atoms with Crippen LogP contribution >= 0.6 is 0 Å². The zero-order valence-electron chi connectivity index (χ0n) is 19.4. The van der Waals surface area contributed by atoms with Crippen LogP contribution in [0.1, 0.15) is 31.0 Å². The summed E-state index contributed by atoms with van der Waals surface area (Å²) >= 11 is 0. The maximum atomic E-state index is 13.0. The number of carbonyl (C=O) groups is 3. The standard InChI is InChI=1S/C24H29N5O5/c1-16(2)21(23(31)33-3)26-22(30)19(13-17-9-5-4-6-10-17)25-24(32)34-15-29-14-20(27-28-29)18-11-7-8-12-18/h4-12,14,16,18-19,21H,13,15H2,1-3H3,(H,25,32)(H,26,30)/t19-,21-/m0/s1. The number of ether oxygens (including phenoxy) is 2. The third kappa shape index (κ3) is 6.77. The van der Waals surface area contributed by atoms with E-state index in [9.17, 15) is 14.4 Å². The van der Waals surface area contributed by atoms with Crippen molar-refractivity contribution in [3.8, 4) is 0 Å². The number of hydrogen-bond acceptors (Lipinski definition) is 7. The van der Waals surface area contributed by atoms with Gasteiger partial charge < -0.3 is 20.1 Å². The number of alkyl carbamates (subject to hydrolysis) is 1. The summed E-state index contributed by atoms with van der Waals surface area (Å²) in [7, 11) is 1.26. The lowest BCUT2D eigenvalue weighted by Crippen LogP contribution is -2.54. The Kier molecular flexibility index (Phi) is 8.55. The molecule has 10 nitrogen and oxygen atoms in total. The molecule has 2 N–H and O–H groups in total. The highest BCUT2D eigenvalue weighted by molar-refractivity contribution is 5.90. The molecule has 2 atom stereocenters. The number of allylic oxidation sites excluding steroid dienone is 4. The molecule has 3 rings (SSSR count). The van der Waals surface area contributed by atoms with Gasteiger partial charge in [0.1, 0.15) is 12.1 Å². The number of rotatable bonds is 10. The molecular formula is C24H29N5O5. The molecule has 1 aliphatic carbocycles. The van der Waals surface area contributed by atoms with E-state index in [1.807, 2.05) is 54.6 Å². The van der Waals surface area contributed by atoms with E-state index in [-0.39, 0.29) is 25.0 Å². The van der Waals surface area contributed by atoms with Crippen LogP contribution in [0.4, 0.5) is 4.79 Å². The van der Waals surface area contributed by atoms with Gasteiger partial charge in [-0.3, -0.25) is 4.79 Å². The first-order valence-corrected chi connectivity index (χ1v) is 11.0. The minimum atomic E-state index is -0.971. The van der Waals surface area contributed by atoms with Gasteiger partial charge in [0.2, 0.25) is 5.91 Å². The minimum Gasteiger partial charge on any atom is -0.467 e. The van der Waals surface area contributed by atoms with Crippen molar-refractivity contribution in [3.05, 3.63) is 72.1 Å². The number of amides is 2. The Hall–Kier alpha value is -3.95. The lowest BCUT2D eigenvalue weighted by Gasteiger charge is -2.24. The molecule has 180 valence electrons. The quantitative estimate of drug-likeness (QED) is 0.513. The van der Waals surface area contributed by atoms with E-state index < -0.39 is 30.1 Å². The molecule has 1 aromatic carbocycles. The van der Waals surface area contributed by atoms with Crippen molar-refractivity contribution < 1.29 is 23.9 Å². The van der Waals surface area contributed by atoms with Gasteiger partial charge in [-0.15, -0.1) is 5.10 Å². The van der Waals surface area contributed by atoms with Crippen LogP contribution in [-0.2, 0) is 32.2 Å². The van der Waals surface area contributed by atoms with Crippen molar-refractivity contribution in [1.82, 2.24) is 25.6 Å². The minimum absolute atomic E-state index is 0.0465.